The van der Waals surface area contributed by atoms with Gasteiger partial charge in [-0.3, -0.25) is 14.6 Å². The lowest BCUT2D eigenvalue weighted by Crippen LogP contribution is -2.25. The molecule has 1 amide bonds. The summed E-state index contributed by atoms with van der Waals surface area (Å²) in [4.78, 5) is 30.7. The molecule has 0 saturated carbocycles. The lowest BCUT2D eigenvalue weighted by molar-refractivity contribution is -0.136. The number of hydrogen-bond acceptors (Lipinski definition) is 4. The number of para-hydroxylation sites is 1. The van der Waals surface area contributed by atoms with Crippen LogP contribution in [-0.4, -0.2) is 22.1 Å². The van der Waals surface area contributed by atoms with Crippen LogP contribution in [0, 0.1) is 0 Å². The van der Waals surface area contributed by atoms with Crippen LogP contribution in [0.5, 0.6) is 0 Å². The highest BCUT2D eigenvalue weighted by Gasteiger charge is 2.33. The molecule has 2 heterocycles. The number of rotatable bonds is 3. The molecule has 0 saturated heterocycles. The summed E-state index contributed by atoms with van der Waals surface area (Å²) in [6.45, 7) is 0. The fourth-order valence-electron chi connectivity index (χ4n) is 2.33. The van der Waals surface area contributed by atoms with Crippen LogP contribution in [0.4, 0.5) is 13.2 Å². The fourth-order valence-corrected chi connectivity index (χ4v) is 2.33. The minimum atomic E-state index is -4.62. The first-order valence-electron chi connectivity index (χ1n) is 7.33. The highest BCUT2D eigenvalue weighted by Crippen LogP contribution is 2.32. The molecule has 6 nitrogen and oxygen atoms in total. The maximum Gasteiger partial charge on any atom is 0.418 e. The maximum atomic E-state index is 13.0. The molecule has 0 atom stereocenters. The van der Waals surface area contributed by atoms with Gasteiger partial charge < -0.3 is 4.98 Å². The Labute approximate surface area is 144 Å². The fraction of sp³-hybridized carbons (Fsp3) is 0.0588. The van der Waals surface area contributed by atoms with Crippen LogP contribution in [0.2, 0.25) is 0 Å². The van der Waals surface area contributed by atoms with E-state index in [2.05, 4.69) is 20.5 Å². The van der Waals surface area contributed by atoms with Crippen molar-refractivity contribution in [1.82, 2.24) is 15.4 Å². The van der Waals surface area contributed by atoms with E-state index in [1.165, 1.54) is 24.7 Å². The van der Waals surface area contributed by atoms with Crippen molar-refractivity contribution in [3.63, 3.8) is 0 Å². The minimum absolute atomic E-state index is 0.231. The van der Waals surface area contributed by atoms with Crippen molar-refractivity contribution in [2.24, 2.45) is 5.10 Å². The van der Waals surface area contributed by atoms with Gasteiger partial charge in [-0.05, 0) is 29.8 Å². The number of hydrazone groups is 1. The lowest BCUT2D eigenvalue weighted by Gasteiger charge is -2.10. The summed E-state index contributed by atoms with van der Waals surface area (Å²) in [5.74, 6) is -0.837. The van der Waals surface area contributed by atoms with Crippen LogP contribution in [0.15, 0.2) is 58.8 Å². The van der Waals surface area contributed by atoms with Crippen LogP contribution < -0.4 is 10.9 Å². The van der Waals surface area contributed by atoms with Crippen molar-refractivity contribution in [3.8, 4) is 0 Å². The number of alkyl halides is 3. The van der Waals surface area contributed by atoms with Gasteiger partial charge in [0.2, 0.25) is 5.43 Å². The molecule has 132 valence electrons. The van der Waals surface area contributed by atoms with Gasteiger partial charge in [-0.25, -0.2) is 5.43 Å². The Bertz CT molecular complexity index is 1040. The summed E-state index contributed by atoms with van der Waals surface area (Å²) in [6, 6.07) is 6.50. The van der Waals surface area contributed by atoms with Crippen LogP contribution in [0.25, 0.3) is 10.9 Å². The molecule has 1 aromatic carbocycles. The molecule has 0 aliphatic carbocycles. The van der Waals surface area contributed by atoms with Crippen molar-refractivity contribution in [2.75, 3.05) is 0 Å². The van der Waals surface area contributed by atoms with E-state index in [4.69, 9.17) is 0 Å². The number of benzene rings is 1. The van der Waals surface area contributed by atoms with Crippen LogP contribution >= 0.6 is 0 Å². The number of halogens is 3. The molecular weight excluding hydrogens is 349 g/mol. The van der Waals surface area contributed by atoms with E-state index in [1.54, 1.807) is 12.1 Å². The number of pyridine rings is 2. The number of nitrogens with zero attached hydrogens (tertiary/aromatic N) is 2. The highest BCUT2D eigenvalue weighted by molar-refractivity contribution is 5.98. The second kappa shape index (κ2) is 6.79. The first-order valence-corrected chi connectivity index (χ1v) is 7.33. The predicted molar refractivity (Wildman–Crippen MR) is 88.9 cm³/mol. The van der Waals surface area contributed by atoms with Gasteiger partial charge >= 0.3 is 6.18 Å². The highest BCUT2D eigenvalue weighted by atomic mass is 19.4. The van der Waals surface area contributed by atoms with Crippen molar-refractivity contribution in [3.05, 3.63) is 75.8 Å². The number of nitrogens with one attached hydrogen (secondary N) is 2. The monoisotopic (exact) mass is 360 g/mol. The van der Waals surface area contributed by atoms with E-state index >= 15 is 0 Å². The summed E-state index contributed by atoms with van der Waals surface area (Å²) >= 11 is 0. The van der Waals surface area contributed by atoms with Gasteiger partial charge in [0, 0.05) is 24.0 Å². The molecule has 0 aliphatic rings. The molecule has 2 N–H and O–H groups in total. The molecule has 9 heteroatoms. The van der Waals surface area contributed by atoms with Crippen molar-refractivity contribution in [2.45, 2.75) is 6.18 Å². The third kappa shape index (κ3) is 3.46. The Morgan fingerprint density at radius 3 is 2.62 bits per heavy atom. The van der Waals surface area contributed by atoms with Gasteiger partial charge in [-0.15, -0.1) is 0 Å². The van der Waals surface area contributed by atoms with Crippen molar-refractivity contribution >= 4 is 23.0 Å². The summed E-state index contributed by atoms with van der Waals surface area (Å²) in [7, 11) is 0. The number of carbonyl (C=O) groups excluding carboxylic acids is 1. The third-order valence-corrected chi connectivity index (χ3v) is 3.55. The van der Waals surface area contributed by atoms with Crippen molar-refractivity contribution in [1.29, 1.82) is 0 Å². The Hall–Kier alpha value is -3.49. The summed E-state index contributed by atoms with van der Waals surface area (Å²) in [5, 5.41) is 3.48. The molecular formula is C17H11F3N4O2. The van der Waals surface area contributed by atoms with E-state index < -0.39 is 23.1 Å². The van der Waals surface area contributed by atoms with Crippen LogP contribution in [0.1, 0.15) is 21.5 Å². The summed E-state index contributed by atoms with van der Waals surface area (Å²) in [6.07, 6.45) is 0.736. The molecule has 0 bridgehead atoms. The molecule has 2 aromatic heterocycles. The molecule has 26 heavy (non-hydrogen) atoms. The molecule has 0 spiro atoms. The molecule has 0 radical (unpaired) electrons. The Morgan fingerprint density at radius 2 is 1.92 bits per heavy atom. The Balaban J connectivity index is 1.91. The smallest absolute Gasteiger partial charge is 0.360 e. The largest absolute Gasteiger partial charge is 0.418 e. The molecule has 3 rings (SSSR count). The maximum absolute atomic E-state index is 13.0. The van der Waals surface area contributed by atoms with E-state index in [0.29, 0.717) is 5.56 Å². The van der Waals surface area contributed by atoms with E-state index in [9.17, 15) is 22.8 Å². The average Bonchev–Trinajstić information content (AvgIpc) is 2.61. The normalized spacial score (nSPS) is 11.8. The van der Waals surface area contributed by atoms with Crippen LogP contribution in [0.3, 0.4) is 0 Å². The minimum Gasteiger partial charge on any atom is -0.360 e. The SMILES string of the molecule is O=C(N/N=C\c1ccncc1)c1c[nH]c2c(C(F)(F)F)cccc2c1=O. The Kier molecular flexibility index (Phi) is 4.53. The molecule has 0 unspecified atom stereocenters. The summed E-state index contributed by atoms with van der Waals surface area (Å²) in [5.41, 5.74) is 0.322. The number of aromatic amines is 1. The molecule has 0 aliphatic heterocycles. The standard InChI is InChI=1S/C17H11F3N4O2/c18-17(19,20)13-3-1-2-11-14(13)22-9-12(15(11)25)16(26)24-23-8-10-4-6-21-7-5-10/h1-9H,(H,22,25)(H,24,26)/b23-8-. The van der Waals surface area contributed by atoms with Crippen LogP contribution in [-0.2, 0) is 6.18 Å². The topological polar surface area (TPSA) is 87.2 Å². The average molecular weight is 360 g/mol. The van der Waals surface area contributed by atoms with Gasteiger partial charge in [0.15, 0.2) is 0 Å². The zero-order chi connectivity index (χ0) is 18.7. The second-order valence-electron chi connectivity index (χ2n) is 5.24. The zero-order valence-corrected chi connectivity index (χ0v) is 13.0. The van der Waals surface area contributed by atoms with E-state index in [-0.39, 0.29) is 16.5 Å². The number of H-pyrrole nitrogens is 1. The second-order valence-corrected chi connectivity index (χ2v) is 5.24. The zero-order valence-electron chi connectivity index (χ0n) is 13.0. The molecule has 3 aromatic rings. The number of fused-ring (bicyclic) bond motifs is 1. The first kappa shape index (κ1) is 17.3. The number of aromatic nitrogens is 2. The number of amides is 1. The first-order chi connectivity index (χ1) is 12.4. The number of carbonyl (C=O) groups is 1. The number of hydrogen-bond donors (Lipinski definition) is 2. The van der Waals surface area contributed by atoms with Gasteiger partial charge in [-0.2, -0.15) is 18.3 Å². The Morgan fingerprint density at radius 1 is 1.19 bits per heavy atom. The van der Waals surface area contributed by atoms with E-state index in [1.807, 2.05) is 0 Å². The predicted octanol–water partition coefficient (Wildman–Crippen LogP) is 2.71. The van der Waals surface area contributed by atoms with Crippen molar-refractivity contribution < 1.29 is 18.0 Å². The lowest BCUT2D eigenvalue weighted by atomic mass is 10.1. The summed E-state index contributed by atoms with van der Waals surface area (Å²) < 4.78 is 39.0. The quantitative estimate of drug-likeness (QED) is 0.556. The van der Waals surface area contributed by atoms with Gasteiger partial charge in [0.05, 0.1) is 17.3 Å². The van der Waals surface area contributed by atoms with E-state index in [0.717, 1.165) is 18.3 Å². The van der Waals surface area contributed by atoms with Gasteiger partial charge in [0.25, 0.3) is 5.91 Å². The third-order valence-electron chi connectivity index (χ3n) is 3.55. The van der Waals surface area contributed by atoms with Gasteiger partial charge in [0.1, 0.15) is 5.56 Å². The molecule has 0 fully saturated rings. The van der Waals surface area contributed by atoms with Gasteiger partial charge in [-0.1, -0.05) is 6.07 Å².